The van der Waals surface area contributed by atoms with E-state index in [-0.39, 0.29) is 29.6 Å². The van der Waals surface area contributed by atoms with Crippen LogP contribution in [0.2, 0.25) is 0 Å². The van der Waals surface area contributed by atoms with Crippen LogP contribution >= 0.6 is 7.82 Å². The van der Waals surface area contributed by atoms with Crippen molar-refractivity contribution < 1.29 is 133 Å². The number of carbonyl (C=O) groups excluding carboxylic acids is 2. The van der Waals surface area contributed by atoms with E-state index in [1.807, 2.05) is 0 Å². The predicted octanol–water partition coefficient (Wildman–Crippen LogP) is 9.51. The Morgan fingerprint density at radius 3 is 1.36 bits per heavy atom. The van der Waals surface area contributed by atoms with Gasteiger partial charge in [0, 0.05) is 127 Å². The van der Waals surface area contributed by atoms with Crippen LogP contribution < -0.4 is 0 Å². The summed E-state index contributed by atoms with van der Waals surface area (Å²) in [5.41, 5.74) is 0. The average molecular weight is 808 g/mol. The van der Waals surface area contributed by atoms with E-state index in [1.54, 1.807) is 0 Å². The molecule has 0 heterocycles. The first-order valence-corrected chi connectivity index (χ1v) is 13.9. The number of aliphatic hydroxyl groups excluding tert-OH is 2. The molecule has 0 aliphatic rings. The van der Waals surface area contributed by atoms with Gasteiger partial charge in [0.25, 0.3) is 0 Å². The molecular weight excluding hydrogens is 670 g/mol. The molecule has 2 unspecified atom stereocenters. The molecule has 0 amide bonds. The van der Waals surface area contributed by atoms with Gasteiger partial charge in [0.2, 0.25) is 0 Å². The van der Waals surface area contributed by atoms with Crippen molar-refractivity contribution in [3.05, 3.63) is 0 Å². The van der Waals surface area contributed by atoms with Crippen molar-refractivity contribution in [3.63, 3.8) is 0 Å². The fourth-order valence-corrected chi connectivity index (χ4v) is 2.59. The zero-order chi connectivity index (χ0) is 91.5. The Balaban J connectivity index is 0. The molecule has 0 bridgehead atoms. The molecule has 0 spiro atoms. The Hall–Kier alpha value is -0.0300. The normalized spacial score (nSPS) is 40.6. The first kappa shape index (κ1) is 9.91. The van der Waals surface area contributed by atoms with Gasteiger partial charge >= 0.3 is 19.8 Å². The summed E-state index contributed by atoms with van der Waals surface area (Å²) in [6.07, 6.45) is -154. The van der Waals surface area contributed by atoms with Gasteiger partial charge in [-0.2, -0.15) is 0 Å². The molecule has 0 saturated carbocycles. The molecule has 1 radical (unpaired) electrons. The molecule has 0 rings (SSSR count). The van der Waals surface area contributed by atoms with E-state index in [4.69, 9.17) is 90.1 Å². The maximum atomic E-state index is 13.9. The van der Waals surface area contributed by atoms with Crippen LogP contribution in [0.25, 0.3) is 0 Å². The average Bonchev–Trinajstić information content (AvgIpc) is 0.681. The maximum absolute atomic E-state index is 13.9. The third-order valence-electron chi connectivity index (χ3n) is 3.57. The Morgan fingerprint density at radius 2 is 0.960 bits per heavy atom. The molecule has 0 aliphatic carbocycles. The smallest absolute Gasteiger partial charge is 0.462 e. The Morgan fingerprint density at radius 1 is 0.600 bits per heavy atom. The minimum atomic E-state index is -5.94. The third kappa shape index (κ3) is 37.7. The van der Waals surface area contributed by atoms with E-state index < -0.39 is 251 Å². The van der Waals surface area contributed by atoms with Crippen LogP contribution in [0.5, 0.6) is 0 Å². The monoisotopic (exact) mass is 808 g/mol. The quantitative estimate of drug-likeness (QED) is 0.0313. The topological polar surface area (TPSA) is 149 Å². The number of aliphatic hydroxyl groups is 2. The molecule has 0 aliphatic heterocycles. The molecule has 0 aromatic rings. The van der Waals surface area contributed by atoms with Crippen LogP contribution in [0, 0.1) is 0 Å². The number of phosphoric ester groups is 1. The van der Waals surface area contributed by atoms with E-state index in [0.717, 1.165) is 0 Å². The van der Waals surface area contributed by atoms with Gasteiger partial charge in [0.1, 0.15) is 12.7 Å². The van der Waals surface area contributed by atoms with Crippen molar-refractivity contribution in [3.8, 4) is 0 Å². The second-order valence-electron chi connectivity index (χ2n) is 7.02. The summed E-state index contributed by atoms with van der Waals surface area (Å²) in [5.74, 6) is -6.28. The van der Waals surface area contributed by atoms with Gasteiger partial charge in [-0.15, -0.1) is 0 Å². The van der Waals surface area contributed by atoms with E-state index in [9.17, 15) is 24.2 Å². The summed E-state index contributed by atoms with van der Waals surface area (Å²) in [7, 11) is -5.94. The van der Waals surface area contributed by atoms with Crippen LogP contribution in [0.1, 0.15) is 277 Å². The van der Waals surface area contributed by atoms with Gasteiger partial charge in [0.15, 0.2) is 6.10 Å². The second kappa shape index (κ2) is 38.7. The first-order chi connectivity index (χ1) is 47.1. The third-order valence-corrected chi connectivity index (χ3v) is 4.52. The van der Waals surface area contributed by atoms with E-state index >= 15 is 0 Å². The van der Waals surface area contributed by atoms with Crippen molar-refractivity contribution >= 4 is 49.3 Å². The number of hydrogen-bond acceptors (Lipinski definition) is 9. The summed E-state index contributed by atoms with van der Waals surface area (Å²) in [6, 6.07) is 0. The Kier molecular flexibility index (Phi) is 7.67. The summed E-state index contributed by atoms with van der Waals surface area (Å²) in [4.78, 5) is 37.8. The van der Waals surface area contributed by atoms with Gasteiger partial charge in [-0.05, 0) is 12.7 Å². The SMILES string of the molecule is [2H]C([2H])([2H])C([2H])([2H])C([2H])([2H])C([2H])([2H])C([2H])([2H])C([2H])([2H])C([2H])([2H])C([2H])([2H])C([2H])([2H])C([2H])([2H])C([2H])([2H])C([2H])([2H])C([2H])([2H])C([2H])([2H])C([2H])([2H])C(=O)OC[C@H](COP(=O)(O)OCC(O)CO)OC(=O)C([2H])([2H])C([2H])([2H])C([2H])([2H])C([2H])([2H])C([2H])([2H])C([2H])([2H])C([2H])([2H])C([2H])([2H])C([2H])([2H])C([2H])([2H])C([2H])([2H])C([2H])([2H])C([2H])([2H])C([2H])([2H])C([2H])([2H])[2H].[Na]. The summed E-state index contributed by atoms with van der Waals surface area (Å²) < 4.78 is 539. The van der Waals surface area contributed by atoms with Crippen molar-refractivity contribution in [2.24, 2.45) is 0 Å². The number of esters is 2. The van der Waals surface area contributed by atoms with Gasteiger partial charge in [-0.1, -0.05) is 167 Å². The Labute approximate surface area is 414 Å². The standard InChI is InChI=1S/C38H75O10P.Na/c1-3-5-7-9-11-13-15-17-19-21-23-25-27-29-37(41)45-33-36(34-47-49(43,44)46-32-35(40)31-39)48-38(42)30-28-26-24-22-20-18-16-14-12-10-8-6-4-2;/h35-36,39-40H,3-34H2,1-2H3,(H,43,44);/t35?,36-;/m1./s1/i1D3,2D3,3D2,4D2,5D2,6D2,7D2,8D2,9D2,10D2,11D2,12D2,13D2,14D2,15D2,16D2,17D2,18D2,19D2,20D2,21D2,22D2,23D2,24D2,25D2,26D2,27D2,28D2,29D2,30D2;. The minimum absolute atomic E-state index is 0. The minimum Gasteiger partial charge on any atom is -0.462 e. The molecule has 50 heavy (non-hydrogen) atoms. The van der Waals surface area contributed by atoms with Gasteiger partial charge in [-0.25, -0.2) is 4.57 Å². The molecule has 0 aromatic heterocycles. The first-order valence-electron chi connectivity index (χ1n) is 43.4. The van der Waals surface area contributed by atoms with E-state index in [2.05, 4.69) is 18.5 Å². The van der Waals surface area contributed by atoms with E-state index in [1.165, 1.54) is 0 Å². The number of phosphoric acid groups is 1. The van der Waals surface area contributed by atoms with Crippen molar-refractivity contribution in [1.82, 2.24) is 0 Å². The fraction of sp³-hybridized carbons (Fsp3) is 0.947. The summed E-state index contributed by atoms with van der Waals surface area (Å²) in [5, 5.41) is 18.7. The van der Waals surface area contributed by atoms with Crippen LogP contribution in [-0.2, 0) is 32.7 Å². The van der Waals surface area contributed by atoms with Crippen LogP contribution in [0.4, 0.5) is 0 Å². The molecule has 0 saturated heterocycles. The molecule has 12 heteroatoms. The summed E-state index contributed by atoms with van der Waals surface area (Å²) >= 11 is 0. The van der Waals surface area contributed by atoms with Crippen LogP contribution in [0.3, 0.4) is 0 Å². The zero-order valence-corrected chi connectivity index (χ0v) is 28.5. The molecular formula is C38H75NaO10P. The number of carbonyl (C=O) groups is 2. The van der Waals surface area contributed by atoms with Crippen LogP contribution in [0.15, 0.2) is 0 Å². The number of rotatable bonds is 38. The Bertz CT molecular complexity index is 3370. The molecule has 0 aromatic carbocycles. The predicted molar refractivity (Wildman–Crippen MR) is 202 cm³/mol. The largest absolute Gasteiger partial charge is 0.472 e. The zero-order valence-electron chi connectivity index (χ0n) is 87.6. The molecule has 3 atom stereocenters. The van der Waals surface area contributed by atoms with Gasteiger partial charge in [-0.3, -0.25) is 18.6 Å². The van der Waals surface area contributed by atoms with E-state index in [0.29, 0.717) is 0 Å². The summed E-state index contributed by atoms with van der Waals surface area (Å²) in [6.45, 7) is -15.8. The molecule has 3 N–H and O–H groups in total. The molecule has 293 valence electrons. The van der Waals surface area contributed by atoms with Gasteiger partial charge < -0.3 is 24.6 Å². The van der Waals surface area contributed by atoms with Crippen molar-refractivity contribution in [2.45, 2.75) is 204 Å². The molecule has 10 nitrogen and oxygen atoms in total. The number of hydrogen-bond donors (Lipinski definition) is 3. The molecule has 0 fully saturated rings. The maximum Gasteiger partial charge on any atom is 0.472 e. The van der Waals surface area contributed by atoms with Gasteiger partial charge in [0.05, 0.1) is 19.8 Å². The fourth-order valence-electron chi connectivity index (χ4n) is 1.80. The van der Waals surface area contributed by atoms with Crippen molar-refractivity contribution in [1.29, 1.82) is 0 Å². The second-order valence-corrected chi connectivity index (χ2v) is 8.48. The van der Waals surface area contributed by atoms with Crippen LogP contribution in [-0.4, -0.2) is 95.2 Å². The van der Waals surface area contributed by atoms with Crippen molar-refractivity contribution in [2.75, 3.05) is 26.4 Å². The number of ether oxygens (including phenoxy) is 2.